The lowest BCUT2D eigenvalue weighted by Gasteiger charge is -2.48. The number of amides is 6. The van der Waals surface area contributed by atoms with Crippen molar-refractivity contribution in [3.63, 3.8) is 0 Å². The standard InChI is InChI=1S/C37H61N7O21/c1-13(30(52)44-20(35(59)60)9-10-23(49)43-19(8-6-7-18(38)34(57)58)32(54)40-14(2)33(55)56)39-31(53)15(3)62-29-25(42-17(5)48)36(61)63-22(12-46)28(29)65-37-24(41-16(4)47)27(51)26(50)21(11-45)64-37/h13-15,18-22,24-29,36-37,45-46,50-51,61H,6-12,38H2,1-5H3,(H,39,53)(H,40,54)(H,41,47)(H,42,48)(H,43,49)(H,44,52)(H,55,56)(H,57,58)(H,59,60)/p-2/t13-,14+,15?,18?,19-,20+,21+,22+,24+,25+,26+,27+,28+,29+,36-,37-/m0/s1. The summed E-state index contributed by atoms with van der Waals surface area (Å²) < 4.78 is 23.0. The van der Waals surface area contributed by atoms with Crippen LogP contribution in [0.25, 0.3) is 0 Å². The molecule has 2 heterocycles. The first-order valence-electron chi connectivity index (χ1n) is 20.4. The number of ether oxygens (including phenoxy) is 4. The van der Waals surface area contributed by atoms with Gasteiger partial charge in [0.15, 0.2) is 12.6 Å². The van der Waals surface area contributed by atoms with Crippen LogP contribution < -0.4 is 53.0 Å². The van der Waals surface area contributed by atoms with Crippen molar-refractivity contribution in [2.75, 3.05) is 13.2 Å². The van der Waals surface area contributed by atoms with Crippen LogP contribution in [-0.2, 0) is 62.1 Å². The number of carboxylic acids is 3. The molecule has 0 saturated carbocycles. The van der Waals surface area contributed by atoms with E-state index < -0.39 is 177 Å². The highest BCUT2D eigenvalue weighted by Gasteiger charge is 2.53. The number of carbonyl (C=O) groups excluding carboxylic acids is 9. The molecule has 0 radical (unpaired) electrons. The number of hydrogen-bond donors (Lipinski definition) is 12. The lowest BCUT2D eigenvalue weighted by molar-refractivity contribution is -0.438. The highest BCUT2D eigenvalue weighted by molar-refractivity contribution is 5.92. The first-order chi connectivity index (χ1) is 30.3. The minimum absolute atomic E-state index is 0.00796. The van der Waals surface area contributed by atoms with E-state index in [4.69, 9.17) is 18.9 Å². The average molecular weight is 938 g/mol. The van der Waals surface area contributed by atoms with Crippen molar-refractivity contribution in [3.05, 3.63) is 0 Å². The van der Waals surface area contributed by atoms with Gasteiger partial charge in [-0.3, -0.25) is 28.8 Å². The number of quaternary nitrogens is 1. The Labute approximate surface area is 371 Å². The number of hydrogen-bond acceptors (Lipinski definition) is 21. The molecule has 2 aliphatic rings. The molecule has 14 N–H and O–H groups in total. The minimum Gasteiger partial charge on any atom is -0.548 e. The molecule has 0 aromatic carbocycles. The van der Waals surface area contributed by atoms with Gasteiger partial charge in [-0.25, -0.2) is 0 Å². The Morgan fingerprint density at radius 3 is 1.77 bits per heavy atom. The van der Waals surface area contributed by atoms with Gasteiger partial charge < -0.3 is 112 Å². The van der Waals surface area contributed by atoms with E-state index in [0.29, 0.717) is 0 Å². The maximum Gasteiger partial charge on any atom is 0.249 e. The Hall–Kier alpha value is -5.17. The molecular formula is C37H59N7O21-2. The van der Waals surface area contributed by atoms with E-state index >= 15 is 0 Å². The summed E-state index contributed by atoms with van der Waals surface area (Å²) >= 11 is 0. The second-order valence-corrected chi connectivity index (χ2v) is 15.5. The van der Waals surface area contributed by atoms with Gasteiger partial charge in [-0.2, -0.15) is 0 Å². The molecule has 6 amide bonds. The second kappa shape index (κ2) is 26.1. The highest BCUT2D eigenvalue weighted by Crippen LogP contribution is 2.31. The van der Waals surface area contributed by atoms with E-state index in [1.807, 2.05) is 0 Å². The van der Waals surface area contributed by atoms with E-state index in [1.54, 1.807) is 0 Å². The zero-order chi connectivity index (χ0) is 49.5. The SMILES string of the molecule is CC(=O)N[C@@H]1[C@@H](OC(C)C(=O)N[C@@H](C)C(=O)N[C@H](CCC(=O)N[C@@H](CCCC([NH3+])C(=O)[O-])C(=O)N[C@H](C)C(=O)[O-])C(=O)[O-])[C@H](O[C@@H]2O[C@H](CO)[C@@H](O)[C@H](O)[C@H]2NC(C)=O)[C@@H](CO)O[C@@H]1O. The van der Waals surface area contributed by atoms with Gasteiger partial charge in [-0.05, 0) is 40.0 Å². The molecule has 0 bridgehead atoms. The summed E-state index contributed by atoms with van der Waals surface area (Å²) in [6.45, 7) is 3.78. The molecule has 0 aromatic rings. The predicted molar refractivity (Wildman–Crippen MR) is 204 cm³/mol. The van der Waals surface area contributed by atoms with Crippen molar-refractivity contribution in [1.82, 2.24) is 31.9 Å². The first-order valence-corrected chi connectivity index (χ1v) is 20.4. The zero-order valence-corrected chi connectivity index (χ0v) is 36.2. The molecule has 28 nitrogen and oxygen atoms in total. The maximum atomic E-state index is 13.4. The van der Waals surface area contributed by atoms with Gasteiger partial charge in [0.1, 0.15) is 72.9 Å². The van der Waals surface area contributed by atoms with E-state index in [2.05, 4.69) is 37.6 Å². The zero-order valence-electron chi connectivity index (χ0n) is 36.2. The molecule has 2 saturated heterocycles. The Balaban J connectivity index is 2.21. The fraction of sp³-hybridized carbons (Fsp3) is 0.757. The molecule has 28 heteroatoms. The largest absolute Gasteiger partial charge is 0.548 e. The van der Waals surface area contributed by atoms with Crippen LogP contribution in [0.15, 0.2) is 0 Å². The fourth-order valence-corrected chi connectivity index (χ4v) is 6.63. The van der Waals surface area contributed by atoms with E-state index in [0.717, 1.165) is 34.6 Å². The van der Waals surface area contributed by atoms with Crippen molar-refractivity contribution >= 4 is 53.4 Å². The van der Waals surface area contributed by atoms with Crippen LogP contribution in [0.2, 0.25) is 0 Å². The van der Waals surface area contributed by atoms with Crippen LogP contribution in [0.3, 0.4) is 0 Å². The Kier molecular flexibility index (Phi) is 22.5. The molecule has 2 rings (SSSR count). The third kappa shape index (κ3) is 17.0. The molecule has 16 atom stereocenters. The van der Waals surface area contributed by atoms with Crippen molar-refractivity contribution in [3.8, 4) is 0 Å². The van der Waals surface area contributed by atoms with Gasteiger partial charge in [0, 0.05) is 26.7 Å². The third-order valence-corrected chi connectivity index (χ3v) is 10.2. The normalized spacial score (nSPS) is 28.1. The molecule has 65 heavy (non-hydrogen) atoms. The van der Waals surface area contributed by atoms with Gasteiger partial charge in [0.2, 0.25) is 35.4 Å². The lowest BCUT2D eigenvalue weighted by Crippen LogP contribution is -2.70. The van der Waals surface area contributed by atoms with Crippen LogP contribution in [0.4, 0.5) is 0 Å². The predicted octanol–water partition coefficient (Wildman–Crippen LogP) is -11.9. The molecule has 2 aliphatic heterocycles. The summed E-state index contributed by atoms with van der Waals surface area (Å²) in [6, 6.07) is -10.5. The Morgan fingerprint density at radius 1 is 0.646 bits per heavy atom. The topological polar surface area (TPSA) is 461 Å². The van der Waals surface area contributed by atoms with Gasteiger partial charge >= 0.3 is 0 Å². The number of carbonyl (C=O) groups is 9. The highest BCUT2D eigenvalue weighted by atomic mass is 16.7. The molecular weight excluding hydrogens is 878 g/mol. The number of aliphatic carboxylic acids is 3. The van der Waals surface area contributed by atoms with Crippen LogP contribution >= 0.6 is 0 Å². The van der Waals surface area contributed by atoms with E-state index in [-0.39, 0.29) is 19.3 Å². The smallest absolute Gasteiger partial charge is 0.249 e. The van der Waals surface area contributed by atoms with Crippen molar-refractivity contribution in [2.24, 2.45) is 0 Å². The summed E-state index contributed by atoms with van der Waals surface area (Å²) in [5, 5.41) is 99.7. The fourth-order valence-electron chi connectivity index (χ4n) is 6.63. The van der Waals surface area contributed by atoms with Gasteiger partial charge in [0.25, 0.3) is 0 Å². The number of nitrogens with one attached hydrogen (secondary N) is 6. The Bertz CT molecular complexity index is 1690. The molecule has 2 unspecified atom stereocenters. The quantitative estimate of drug-likeness (QED) is 0.0404. The maximum absolute atomic E-state index is 13.4. The first kappa shape index (κ1) is 56.0. The van der Waals surface area contributed by atoms with Crippen LogP contribution in [0.1, 0.15) is 66.7 Å². The summed E-state index contributed by atoms with van der Waals surface area (Å²) in [5.41, 5.74) is 3.39. The van der Waals surface area contributed by atoms with Crippen LogP contribution in [-0.4, -0.2) is 190 Å². The Morgan fingerprint density at radius 2 is 1.23 bits per heavy atom. The number of rotatable bonds is 25. The second-order valence-electron chi connectivity index (χ2n) is 15.5. The van der Waals surface area contributed by atoms with Crippen LogP contribution in [0.5, 0.6) is 0 Å². The molecule has 0 aliphatic carbocycles. The molecule has 370 valence electrons. The van der Waals surface area contributed by atoms with E-state index in [9.17, 15) is 84.0 Å². The van der Waals surface area contributed by atoms with Crippen molar-refractivity contribution < 1.29 is 109 Å². The number of aliphatic hydroxyl groups excluding tert-OH is 5. The van der Waals surface area contributed by atoms with Gasteiger partial charge in [-0.15, -0.1) is 0 Å². The minimum atomic E-state index is -1.91. The van der Waals surface area contributed by atoms with Gasteiger partial charge in [0.05, 0.1) is 43.2 Å². The monoisotopic (exact) mass is 937 g/mol. The van der Waals surface area contributed by atoms with Crippen molar-refractivity contribution in [2.45, 2.75) is 164 Å². The van der Waals surface area contributed by atoms with Crippen molar-refractivity contribution in [1.29, 1.82) is 0 Å². The van der Waals surface area contributed by atoms with Gasteiger partial charge in [-0.1, -0.05) is 0 Å². The lowest BCUT2D eigenvalue weighted by atomic mass is 9.94. The summed E-state index contributed by atoms with van der Waals surface area (Å²) in [5.74, 6) is -10.5. The third-order valence-electron chi connectivity index (χ3n) is 10.2. The van der Waals surface area contributed by atoms with E-state index in [1.165, 1.54) is 0 Å². The number of aliphatic hydroxyl groups is 5. The molecule has 0 aromatic heterocycles. The average Bonchev–Trinajstić information content (AvgIpc) is 3.22. The number of carboxylic acid groups (broad SMARTS) is 3. The molecule has 2 fully saturated rings. The summed E-state index contributed by atoms with van der Waals surface area (Å²) in [4.78, 5) is 111. The summed E-state index contributed by atoms with van der Waals surface area (Å²) in [6.07, 6.45) is -16.6. The summed E-state index contributed by atoms with van der Waals surface area (Å²) in [7, 11) is 0. The van der Waals surface area contributed by atoms with Crippen LogP contribution in [0, 0.1) is 0 Å². The molecule has 0 spiro atoms.